The van der Waals surface area contributed by atoms with E-state index in [0.29, 0.717) is 26.2 Å². The first-order valence-corrected chi connectivity index (χ1v) is 9.04. The average Bonchev–Trinajstić information content (AvgIpc) is 2.99. The molecular weight excluding hydrogens is 324 g/mol. The minimum Gasteiger partial charge on any atom is -0.383 e. The maximum Gasteiger partial charge on any atom is 0.317 e. The van der Waals surface area contributed by atoms with Gasteiger partial charge >= 0.3 is 6.03 Å². The molecule has 1 aliphatic heterocycles. The number of amides is 2. The zero-order chi connectivity index (χ0) is 17.1. The van der Waals surface area contributed by atoms with Crippen molar-refractivity contribution in [3.8, 4) is 0 Å². The maximum atomic E-state index is 12.1. The number of fused-ring (bicyclic) bond motifs is 1. The molecular formula is C17H24N4O2S. The Balaban J connectivity index is 1.62. The minimum atomic E-state index is -0.0116. The van der Waals surface area contributed by atoms with Crippen molar-refractivity contribution in [3.63, 3.8) is 0 Å². The van der Waals surface area contributed by atoms with E-state index >= 15 is 0 Å². The Hall–Kier alpha value is -1.86. The van der Waals surface area contributed by atoms with Crippen LogP contribution >= 0.6 is 11.3 Å². The number of nitrogens with one attached hydrogen (secondary N) is 1. The molecule has 0 radical (unpaired) electrons. The lowest BCUT2D eigenvalue weighted by Crippen LogP contribution is -2.52. The highest BCUT2D eigenvalue weighted by atomic mass is 32.1. The first-order valence-electron chi connectivity index (χ1n) is 8.23. The third-order valence-electron chi connectivity index (χ3n) is 4.24. The summed E-state index contributed by atoms with van der Waals surface area (Å²) in [7, 11) is 1.63. The molecule has 1 aromatic heterocycles. The second-order valence-electron chi connectivity index (χ2n) is 6.12. The van der Waals surface area contributed by atoms with Gasteiger partial charge in [-0.1, -0.05) is 17.4 Å². The summed E-state index contributed by atoms with van der Waals surface area (Å²) in [5.41, 5.74) is 3.59. The largest absolute Gasteiger partial charge is 0.383 e. The molecule has 1 N–H and O–H groups in total. The van der Waals surface area contributed by atoms with Gasteiger partial charge < -0.3 is 19.9 Å². The molecule has 1 aliphatic rings. The van der Waals surface area contributed by atoms with Crippen LogP contribution in [0, 0.1) is 13.8 Å². The Bertz CT molecular complexity index is 723. The van der Waals surface area contributed by atoms with Crippen molar-refractivity contribution in [1.82, 2.24) is 15.2 Å². The topological polar surface area (TPSA) is 57.7 Å². The minimum absolute atomic E-state index is 0.0116. The van der Waals surface area contributed by atoms with Crippen LogP contribution in [-0.2, 0) is 4.74 Å². The standard InChI is InChI=1S/C17H24N4O2S/c1-12-10-13(2)15-14(11-12)24-17(19-15)21-7-5-20(6-8-21)16(22)18-4-9-23-3/h10-11H,4-9H2,1-3H3,(H,18,22). The van der Waals surface area contributed by atoms with E-state index in [4.69, 9.17) is 9.72 Å². The Kier molecular flexibility index (Phi) is 5.20. The molecule has 2 heterocycles. The SMILES string of the molecule is COCCNC(=O)N1CCN(c2nc3c(C)cc(C)cc3s2)CC1. The van der Waals surface area contributed by atoms with Crippen molar-refractivity contribution in [3.05, 3.63) is 23.3 Å². The summed E-state index contributed by atoms with van der Waals surface area (Å²) in [6.07, 6.45) is 0. The number of aromatic nitrogens is 1. The van der Waals surface area contributed by atoms with Crippen LogP contribution in [0.15, 0.2) is 12.1 Å². The summed E-state index contributed by atoms with van der Waals surface area (Å²) in [4.78, 5) is 21.0. The molecule has 0 spiro atoms. The number of methoxy groups -OCH3 is 1. The highest BCUT2D eigenvalue weighted by molar-refractivity contribution is 7.22. The number of rotatable bonds is 4. The van der Waals surface area contributed by atoms with Crippen LogP contribution in [0.3, 0.4) is 0 Å². The molecule has 0 aliphatic carbocycles. The summed E-state index contributed by atoms with van der Waals surface area (Å²) in [6, 6.07) is 4.36. The number of ether oxygens (including phenoxy) is 1. The molecule has 2 aromatic rings. The molecule has 0 saturated carbocycles. The predicted molar refractivity (Wildman–Crippen MR) is 98.2 cm³/mol. The lowest BCUT2D eigenvalue weighted by Gasteiger charge is -2.34. The number of aryl methyl sites for hydroxylation is 2. The lowest BCUT2D eigenvalue weighted by molar-refractivity contribution is 0.177. The van der Waals surface area contributed by atoms with Crippen LogP contribution < -0.4 is 10.2 Å². The van der Waals surface area contributed by atoms with Gasteiger partial charge in [0, 0.05) is 39.8 Å². The van der Waals surface area contributed by atoms with Crippen molar-refractivity contribution in [2.45, 2.75) is 13.8 Å². The second-order valence-corrected chi connectivity index (χ2v) is 7.13. The van der Waals surface area contributed by atoms with Gasteiger partial charge in [-0.2, -0.15) is 0 Å². The number of piperazine rings is 1. The van der Waals surface area contributed by atoms with Gasteiger partial charge in [0.2, 0.25) is 0 Å². The maximum absolute atomic E-state index is 12.1. The van der Waals surface area contributed by atoms with Crippen LogP contribution in [-0.4, -0.2) is 62.4 Å². The molecule has 130 valence electrons. The van der Waals surface area contributed by atoms with Crippen LogP contribution in [0.5, 0.6) is 0 Å². The smallest absolute Gasteiger partial charge is 0.317 e. The van der Waals surface area contributed by atoms with E-state index in [-0.39, 0.29) is 6.03 Å². The van der Waals surface area contributed by atoms with Crippen LogP contribution in [0.25, 0.3) is 10.2 Å². The summed E-state index contributed by atoms with van der Waals surface area (Å²) < 4.78 is 6.19. The Morgan fingerprint density at radius 1 is 1.29 bits per heavy atom. The molecule has 1 aromatic carbocycles. The first-order chi connectivity index (χ1) is 11.6. The molecule has 3 rings (SSSR count). The number of carbonyl (C=O) groups excluding carboxylic acids is 1. The van der Waals surface area contributed by atoms with E-state index in [1.54, 1.807) is 18.4 Å². The van der Waals surface area contributed by atoms with Gasteiger partial charge in [0.1, 0.15) is 0 Å². The number of carbonyl (C=O) groups is 1. The number of benzene rings is 1. The first kappa shape index (κ1) is 17.0. The fourth-order valence-electron chi connectivity index (χ4n) is 2.97. The van der Waals surface area contributed by atoms with Crippen molar-refractivity contribution in [1.29, 1.82) is 0 Å². The number of hydrogen-bond donors (Lipinski definition) is 1. The molecule has 0 unspecified atom stereocenters. The fourth-order valence-corrected chi connectivity index (χ4v) is 4.16. The van der Waals surface area contributed by atoms with Crippen LogP contribution in [0.4, 0.5) is 9.93 Å². The van der Waals surface area contributed by atoms with Gasteiger partial charge in [0.05, 0.1) is 16.8 Å². The normalized spacial score (nSPS) is 15.1. The van der Waals surface area contributed by atoms with Gasteiger partial charge in [-0.25, -0.2) is 9.78 Å². The molecule has 7 heteroatoms. The number of nitrogens with zero attached hydrogens (tertiary/aromatic N) is 3. The predicted octanol–water partition coefficient (Wildman–Crippen LogP) is 2.39. The van der Waals surface area contributed by atoms with Gasteiger partial charge in [-0.3, -0.25) is 0 Å². The molecule has 2 amide bonds. The third kappa shape index (κ3) is 3.62. The zero-order valence-corrected chi connectivity index (χ0v) is 15.3. The van der Waals surface area contributed by atoms with Crippen molar-refractivity contribution in [2.75, 3.05) is 51.3 Å². The van der Waals surface area contributed by atoms with E-state index in [1.165, 1.54) is 15.8 Å². The van der Waals surface area contributed by atoms with E-state index < -0.39 is 0 Å². The van der Waals surface area contributed by atoms with Gasteiger partial charge in [0.25, 0.3) is 0 Å². The van der Waals surface area contributed by atoms with Crippen molar-refractivity contribution >= 4 is 32.7 Å². The summed E-state index contributed by atoms with van der Waals surface area (Å²) in [5.74, 6) is 0. The van der Waals surface area contributed by atoms with Crippen LogP contribution in [0.1, 0.15) is 11.1 Å². The quantitative estimate of drug-likeness (QED) is 0.862. The van der Waals surface area contributed by atoms with Gasteiger partial charge in [-0.05, 0) is 31.0 Å². The Morgan fingerprint density at radius 3 is 2.75 bits per heavy atom. The molecule has 0 bridgehead atoms. The number of hydrogen-bond acceptors (Lipinski definition) is 5. The fraction of sp³-hybridized carbons (Fsp3) is 0.529. The molecule has 24 heavy (non-hydrogen) atoms. The van der Waals surface area contributed by atoms with Crippen molar-refractivity contribution in [2.24, 2.45) is 0 Å². The van der Waals surface area contributed by atoms with Crippen LogP contribution in [0.2, 0.25) is 0 Å². The highest BCUT2D eigenvalue weighted by Crippen LogP contribution is 2.32. The van der Waals surface area contributed by atoms with Crippen molar-refractivity contribution < 1.29 is 9.53 Å². The van der Waals surface area contributed by atoms with E-state index in [0.717, 1.165) is 23.7 Å². The average molecular weight is 348 g/mol. The lowest BCUT2D eigenvalue weighted by atomic mass is 10.1. The second kappa shape index (κ2) is 7.36. The Morgan fingerprint density at radius 2 is 2.04 bits per heavy atom. The summed E-state index contributed by atoms with van der Waals surface area (Å²) in [6.45, 7) is 8.38. The molecule has 0 atom stereocenters. The van der Waals surface area contributed by atoms with Gasteiger partial charge in [0.15, 0.2) is 5.13 Å². The number of urea groups is 1. The Labute approximate surface area is 146 Å². The zero-order valence-electron chi connectivity index (χ0n) is 14.5. The van der Waals surface area contributed by atoms with E-state index in [2.05, 4.69) is 36.2 Å². The number of thiazole rings is 1. The molecule has 6 nitrogen and oxygen atoms in total. The monoisotopic (exact) mass is 348 g/mol. The van der Waals surface area contributed by atoms with E-state index in [1.807, 2.05) is 4.90 Å². The third-order valence-corrected chi connectivity index (χ3v) is 5.30. The summed E-state index contributed by atoms with van der Waals surface area (Å²) in [5, 5.41) is 3.93. The van der Waals surface area contributed by atoms with Gasteiger partial charge in [-0.15, -0.1) is 0 Å². The highest BCUT2D eigenvalue weighted by Gasteiger charge is 2.23. The molecule has 1 saturated heterocycles. The summed E-state index contributed by atoms with van der Waals surface area (Å²) >= 11 is 1.74. The molecule has 1 fully saturated rings. The van der Waals surface area contributed by atoms with E-state index in [9.17, 15) is 4.79 Å². The number of anilines is 1.